The third kappa shape index (κ3) is 1.75. The van der Waals surface area contributed by atoms with Crippen molar-refractivity contribution in [2.24, 2.45) is 0 Å². The van der Waals surface area contributed by atoms with Crippen LogP contribution in [0.1, 0.15) is 11.7 Å². The van der Waals surface area contributed by atoms with Crippen LogP contribution in [0.3, 0.4) is 0 Å². The normalized spacial score (nSPS) is 23.4. The third-order valence-corrected chi connectivity index (χ3v) is 3.12. The van der Waals surface area contributed by atoms with Crippen molar-refractivity contribution in [3.63, 3.8) is 0 Å². The lowest BCUT2D eigenvalue weighted by Crippen LogP contribution is -2.27. The van der Waals surface area contributed by atoms with Crippen LogP contribution in [0.25, 0.3) is 0 Å². The Bertz CT molecular complexity index is 437. The SMILES string of the molecule is O=[N+]([O-])[C@H]1Oc2c(Br)cc(Br)cc2[C@H]1O. The van der Waals surface area contributed by atoms with Crippen molar-refractivity contribution in [2.45, 2.75) is 12.3 Å². The molecule has 1 aromatic rings. The molecule has 80 valence electrons. The van der Waals surface area contributed by atoms with Gasteiger partial charge in [0.05, 0.1) is 9.40 Å². The second-order valence-electron chi connectivity index (χ2n) is 3.04. The molecule has 0 unspecified atom stereocenters. The summed E-state index contributed by atoms with van der Waals surface area (Å²) in [6, 6.07) is 3.31. The number of benzene rings is 1. The second-order valence-corrected chi connectivity index (χ2v) is 4.81. The standard InChI is InChI=1S/C8H5Br2NO4/c9-3-1-4-6(12)8(11(13)14)15-7(4)5(10)2-3/h1-2,6,8,12H/t6-,8+/m1/s1. The van der Waals surface area contributed by atoms with E-state index in [4.69, 9.17) is 4.74 Å². The van der Waals surface area contributed by atoms with Crippen LogP contribution < -0.4 is 4.74 Å². The number of halogens is 2. The Morgan fingerprint density at radius 3 is 2.73 bits per heavy atom. The van der Waals surface area contributed by atoms with Crippen molar-refractivity contribution in [3.05, 3.63) is 36.8 Å². The number of fused-ring (bicyclic) bond motifs is 1. The number of hydrogen-bond donors (Lipinski definition) is 1. The van der Waals surface area contributed by atoms with Crippen LogP contribution in [-0.2, 0) is 0 Å². The predicted octanol–water partition coefficient (Wildman–Crippen LogP) is 2.24. The van der Waals surface area contributed by atoms with Gasteiger partial charge in [0.1, 0.15) is 5.75 Å². The summed E-state index contributed by atoms with van der Waals surface area (Å²) in [4.78, 5) is 9.92. The molecular weight excluding hydrogens is 334 g/mol. The highest BCUT2D eigenvalue weighted by atomic mass is 79.9. The molecule has 1 aromatic carbocycles. The Morgan fingerprint density at radius 1 is 1.47 bits per heavy atom. The first-order chi connectivity index (χ1) is 7.00. The summed E-state index contributed by atoms with van der Waals surface area (Å²) >= 11 is 6.45. The van der Waals surface area contributed by atoms with E-state index in [9.17, 15) is 15.2 Å². The van der Waals surface area contributed by atoms with E-state index in [2.05, 4.69) is 31.9 Å². The van der Waals surface area contributed by atoms with Crippen molar-refractivity contribution in [1.29, 1.82) is 0 Å². The van der Waals surface area contributed by atoms with Crippen LogP contribution in [-0.4, -0.2) is 16.3 Å². The first kappa shape index (κ1) is 10.8. The van der Waals surface area contributed by atoms with E-state index in [1.165, 1.54) is 0 Å². The fourth-order valence-corrected chi connectivity index (χ4v) is 2.77. The highest BCUT2D eigenvalue weighted by Crippen LogP contribution is 2.43. The molecule has 1 N–H and O–H groups in total. The van der Waals surface area contributed by atoms with Gasteiger partial charge in [0, 0.05) is 10.0 Å². The number of nitrogens with zero attached hydrogens (tertiary/aromatic N) is 1. The molecule has 0 amide bonds. The maximum atomic E-state index is 10.6. The van der Waals surface area contributed by atoms with Gasteiger partial charge in [-0.05, 0) is 28.1 Å². The lowest BCUT2D eigenvalue weighted by atomic mass is 10.1. The molecule has 0 fully saturated rings. The number of aliphatic hydroxyl groups excluding tert-OH is 1. The fourth-order valence-electron chi connectivity index (χ4n) is 1.42. The van der Waals surface area contributed by atoms with E-state index in [1.54, 1.807) is 12.1 Å². The van der Waals surface area contributed by atoms with Crippen molar-refractivity contribution in [1.82, 2.24) is 0 Å². The second kappa shape index (κ2) is 3.73. The summed E-state index contributed by atoms with van der Waals surface area (Å²) in [6.07, 6.45) is -2.66. The minimum atomic E-state index is -1.43. The topological polar surface area (TPSA) is 72.6 Å². The summed E-state index contributed by atoms with van der Waals surface area (Å²) in [6.45, 7) is 0. The molecule has 2 atom stereocenters. The number of hydrogen-bond acceptors (Lipinski definition) is 4. The quantitative estimate of drug-likeness (QED) is 0.629. The monoisotopic (exact) mass is 337 g/mol. The Kier molecular flexibility index (Phi) is 2.70. The van der Waals surface area contributed by atoms with E-state index in [0.717, 1.165) is 4.47 Å². The predicted molar refractivity (Wildman–Crippen MR) is 58.2 cm³/mol. The third-order valence-electron chi connectivity index (χ3n) is 2.07. The van der Waals surface area contributed by atoms with Crippen molar-refractivity contribution < 1.29 is 14.8 Å². The maximum absolute atomic E-state index is 10.6. The fraction of sp³-hybridized carbons (Fsp3) is 0.250. The smallest absolute Gasteiger partial charge is 0.384 e. The zero-order valence-electron chi connectivity index (χ0n) is 7.18. The number of nitro groups is 1. The van der Waals surface area contributed by atoms with E-state index < -0.39 is 17.3 Å². The summed E-state index contributed by atoms with van der Waals surface area (Å²) < 4.78 is 6.35. The average molecular weight is 339 g/mol. The van der Waals surface area contributed by atoms with E-state index in [0.29, 0.717) is 15.8 Å². The average Bonchev–Trinajstić information content (AvgIpc) is 2.44. The van der Waals surface area contributed by atoms with Crippen LogP contribution in [0.4, 0.5) is 0 Å². The van der Waals surface area contributed by atoms with Gasteiger partial charge in [-0.2, -0.15) is 0 Å². The van der Waals surface area contributed by atoms with E-state index >= 15 is 0 Å². The molecule has 0 aromatic heterocycles. The molecule has 1 heterocycles. The zero-order chi connectivity index (χ0) is 11.2. The highest BCUT2D eigenvalue weighted by Gasteiger charge is 2.42. The van der Waals surface area contributed by atoms with Gasteiger partial charge in [0.15, 0.2) is 6.10 Å². The molecule has 0 spiro atoms. The van der Waals surface area contributed by atoms with Crippen LogP contribution in [0, 0.1) is 10.1 Å². The van der Waals surface area contributed by atoms with Gasteiger partial charge in [-0.3, -0.25) is 10.1 Å². The van der Waals surface area contributed by atoms with Gasteiger partial charge in [0.2, 0.25) is 0 Å². The lowest BCUT2D eigenvalue weighted by Gasteiger charge is -2.04. The number of rotatable bonds is 1. The van der Waals surface area contributed by atoms with E-state index in [1.807, 2.05) is 0 Å². The Morgan fingerprint density at radius 2 is 2.13 bits per heavy atom. The van der Waals surface area contributed by atoms with Crippen LogP contribution in [0.5, 0.6) is 5.75 Å². The Hall–Kier alpha value is -0.660. The molecular formula is C8H5Br2NO4. The number of aliphatic hydroxyl groups is 1. The molecule has 15 heavy (non-hydrogen) atoms. The Labute approximate surface area is 101 Å². The molecule has 1 aliphatic rings. The molecule has 0 radical (unpaired) electrons. The van der Waals surface area contributed by atoms with Crippen molar-refractivity contribution in [2.75, 3.05) is 0 Å². The van der Waals surface area contributed by atoms with E-state index in [-0.39, 0.29) is 0 Å². The van der Waals surface area contributed by atoms with Gasteiger partial charge in [-0.15, -0.1) is 0 Å². The molecule has 0 aliphatic carbocycles. The van der Waals surface area contributed by atoms with Crippen LogP contribution >= 0.6 is 31.9 Å². The van der Waals surface area contributed by atoms with Gasteiger partial charge in [-0.1, -0.05) is 15.9 Å². The first-order valence-electron chi connectivity index (χ1n) is 3.98. The van der Waals surface area contributed by atoms with Crippen LogP contribution in [0.15, 0.2) is 21.1 Å². The van der Waals surface area contributed by atoms with Gasteiger partial charge in [-0.25, -0.2) is 0 Å². The first-order valence-corrected chi connectivity index (χ1v) is 5.56. The van der Waals surface area contributed by atoms with Gasteiger partial charge >= 0.3 is 6.23 Å². The van der Waals surface area contributed by atoms with Crippen molar-refractivity contribution >= 4 is 31.9 Å². The number of ether oxygens (including phenoxy) is 1. The maximum Gasteiger partial charge on any atom is 0.384 e. The highest BCUT2D eigenvalue weighted by molar-refractivity contribution is 9.11. The summed E-state index contributed by atoms with van der Waals surface area (Å²) in [5.74, 6) is 0.326. The van der Waals surface area contributed by atoms with Crippen LogP contribution in [0.2, 0.25) is 0 Å². The summed E-state index contributed by atoms with van der Waals surface area (Å²) in [5, 5.41) is 20.2. The molecule has 2 rings (SSSR count). The summed E-state index contributed by atoms with van der Waals surface area (Å²) in [7, 11) is 0. The molecule has 5 nitrogen and oxygen atoms in total. The molecule has 7 heteroatoms. The molecule has 0 saturated carbocycles. The van der Waals surface area contributed by atoms with Gasteiger partial charge in [0.25, 0.3) is 0 Å². The molecule has 0 saturated heterocycles. The zero-order valence-corrected chi connectivity index (χ0v) is 10.4. The Balaban J connectivity index is 2.49. The molecule has 1 aliphatic heterocycles. The van der Waals surface area contributed by atoms with Crippen molar-refractivity contribution in [3.8, 4) is 5.75 Å². The van der Waals surface area contributed by atoms with Gasteiger partial charge < -0.3 is 9.84 Å². The molecule has 0 bridgehead atoms. The minimum absolute atomic E-state index is 0.326. The largest absolute Gasteiger partial charge is 0.426 e. The lowest BCUT2D eigenvalue weighted by molar-refractivity contribution is -0.572. The summed E-state index contributed by atoms with van der Waals surface area (Å²) in [5.41, 5.74) is 0.415. The minimum Gasteiger partial charge on any atom is -0.426 e.